The highest BCUT2D eigenvalue weighted by Gasteiger charge is 2.33. The van der Waals surface area contributed by atoms with Gasteiger partial charge in [-0.3, -0.25) is 9.59 Å². The van der Waals surface area contributed by atoms with Gasteiger partial charge in [0.05, 0.1) is 6.26 Å². The summed E-state index contributed by atoms with van der Waals surface area (Å²) in [6.45, 7) is 3.32. The van der Waals surface area contributed by atoms with E-state index in [0.717, 1.165) is 11.1 Å². The maximum Gasteiger partial charge on any atom is 0.267 e. The minimum atomic E-state index is -1.23. The van der Waals surface area contributed by atoms with Gasteiger partial charge in [0.25, 0.3) is 11.5 Å². The number of benzene rings is 2. The first-order valence-corrected chi connectivity index (χ1v) is 9.57. The average molecular weight is 399 g/mol. The average Bonchev–Trinajstić information content (AvgIpc) is 3.30. The van der Waals surface area contributed by atoms with Crippen LogP contribution in [0.15, 0.2) is 94.3 Å². The van der Waals surface area contributed by atoms with E-state index in [4.69, 9.17) is 4.42 Å². The number of nitrogens with zero attached hydrogens (tertiary/aromatic N) is 2. The quantitative estimate of drug-likeness (QED) is 0.534. The van der Waals surface area contributed by atoms with Gasteiger partial charge in [0, 0.05) is 17.3 Å². The summed E-state index contributed by atoms with van der Waals surface area (Å²) < 4.78 is 6.56. The van der Waals surface area contributed by atoms with Gasteiger partial charge in [-0.1, -0.05) is 48.5 Å². The van der Waals surface area contributed by atoms with E-state index in [2.05, 4.69) is 10.4 Å². The minimum absolute atomic E-state index is 0.350. The van der Waals surface area contributed by atoms with E-state index < -0.39 is 5.54 Å². The van der Waals surface area contributed by atoms with Crippen LogP contribution in [-0.4, -0.2) is 15.7 Å². The first kappa shape index (κ1) is 19.4. The second-order valence-corrected chi connectivity index (χ2v) is 7.37. The third kappa shape index (κ3) is 3.67. The smallest absolute Gasteiger partial charge is 0.267 e. The Kier molecular flexibility index (Phi) is 5.06. The Labute approximate surface area is 173 Å². The molecule has 2 aromatic heterocycles. The molecule has 6 heteroatoms. The molecule has 30 heavy (non-hydrogen) atoms. The lowest BCUT2D eigenvalue weighted by Crippen LogP contribution is -2.47. The van der Waals surface area contributed by atoms with E-state index in [1.807, 2.05) is 54.6 Å². The lowest BCUT2D eigenvalue weighted by atomic mass is 10.0. The summed E-state index contributed by atoms with van der Waals surface area (Å²) in [5.74, 6) is 0.173. The first-order valence-electron chi connectivity index (χ1n) is 9.57. The lowest BCUT2D eigenvalue weighted by Gasteiger charge is -2.26. The topological polar surface area (TPSA) is 77.1 Å². The standard InChI is InChI=1S/C24H21N3O3/c1-24(2,27-22(28)15-14-20(26-27)21-13-8-16-30-21)23(29)25-19-12-7-6-11-18(19)17-9-4-3-5-10-17/h3-16H,1-2H3,(H,25,29). The summed E-state index contributed by atoms with van der Waals surface area (Å²) in [7, 11) is 0. The van der Waals surface area contributed by atoms with E-state index in [1.165, 1.54) is 17.0 Å². The van der Waals surface area contributed by atoms with E-state index in [-0.39, 0.29) is 11.5 Å². The van der Waals surface area contributed by atoms with Gasteiger partial charge in [-0.15, -0.1) is 0 Å². The molecule has 0 bridgehead atoms. The Hall–Kier alpha value is -3.93. The molecular formula is C24H21N3O3. The number of anilines is 1. The van der Waals surface area contributed by atoms with Crippen LogP contribution in [0.3, 0.4) is 0 Å². The highest BCUT2D eigenvalue weighted by Crippen LogP contribution is 2.29. The molecule has 2 aromatic carbocycles. The SMILES string of the molecule is CC(C)(C(=O)Nc1ccccc1-c1ccccc1)n1nc(-c2ccco2)ccc1=O. The fourth-order valence-electron chi connectivity index (χ4n) is 3.20. The van der Waals surface area contributed by atoms with Gasteiger partial charge in [0.15, 0.2) is 5.76 Å². The molecule has 0 saturated carbocycles. The molecule has 1 amide bonds. The number of furan rings is 1. The Morgan fingerprint density at radius 3 is 2.40 bits per heavy atom. The molecule has 0 aliphatic rings. The summed E-state index contributed by atoms with van der Waals surface area (Å²) in [6.07, 6.45) is 1.53. The van der Waals surface area contributed by atoms with E-state index in [1.54, 1.807) is 32.0 Å². The van der Waals surface area contributed by atoms with Gasteiger partial charge in [-0.25, -0.2) is 4.68 Å². The summed E-state index contributed by atoms with van der Waals surface area (Å²) in [5.41, 5.74) is 1.42. The normalized spacial score (nSPS) is 11.3. The highest BCUT2D eigenvalue weighted by atomic mass is 16.3. The molecule has 0 spiro atoms. The van der Waals surface area contributed by atoms with E-state index in [9.17, 15) is 9.59 Å². The van der Waals surface area contributed by atoms with Crippen LogP contribution in [0.2, 0.25) is 0 Å². The Balaban J connectivity index is 1.68. The maximum atomic E-state index is 13.2. The molecule has 4 aromatic rings. The van der Waals surface area contributed by atoms with Crippen LogP contribution in [0.25, 0.3) is 22.6 Å². The molecule has 4 rings (SSSR count). The van der Waals surface area contributed by atoms with Gasteiger partial charge < -0.3 is 9.73 Å². The number of hydrogen-bond acceptors (Lipinski definition) is 4. The van der Waals surface area contributed by atoms with Crippen molar-refractivity contribution in [3.63, 3.8) is 0 Å². The van der Waals surface area contributed by atoms with Crippen molar-refractivity contribution in [3.05, 3.63) is 95.5 Å². The molecule has 0 atom stereocenters. The predicted octanol–water partition coefficient (Wildman–Crippen LogP) is 4.54. The Morgan fingerprint density at radius 2 is 1.67 bits per heavy atom. The summed E-state index contributed by atoms with van der Waals surface area (Å²) in [6, 6.07) is 23.8. The number of amides is 1. The van der Waals surface area contributed by atoms with Crippen LogP contribution in [0.4, 0.5) is 5.69 Å². The van der Waals surface area contributed by atoms with Crippen LogP contribution in [0, 0.1) is 0 Å². The lowest BCUT2D eigenvalue weighted by molar-refractivity contribution is -0.123. The number of nitrogens with one attached hydrogen (secondary N) is 1. The van der Waals surface area contributed by atoms with Gasteiger partial charge in [-0.2, -0.15) is 5.10 Å². The maximum absolute atomic E-state index is 13.2. The van der Waals surface area contributed by atoms with Crippen molar-refractivity contribution in [1.82, 2.24) is 9.78 Å². The van der Waals surface area contributed by atoms with Gasteiger partial charge in [0.2, 0.25) is 0 Å². The summed E-state index contributed by atoms with van der Waals surface area (Å²) in [4.78, 5) is 25.8. The Bertz CT molecular complexity index is 1230. The van der Waals surface area contributed by atoms with Crippen molar-refractivity contribution in [2.24, 2.45) is 0 Å². The van der Waals surface area contributed by atoms with Crippen LogP contribution < -0.4 is 10.9 Å². The molecule has 2 heterocycles. The molecular weight excluding hydrogens is 378 g/mol. The van der Waals surface area contributed by atoms with Crippen LogP contribution in [-0.2, 0) is 10.3 Å². The first-order chi connectivity index (χ1) is 14.5. The van der Waals surface area contributed by atoms with Crippen molar-refractivity contribution in [2.75, 3.05) is 5.32 Å². The van der Waals surface area contributed by atoms with Gasteiger partial charge >= 0.3 is 0 Å². The summed E-state index contributed by atoms with van der Waals surface area (Å²) in [5, 5.41) is 7.35. The zero-order chi connectivity index (χ0) is 21.1. The van der Waals surface area contributed by atoms with E-state index >= 15 is 0 Å². The number of hydrogen-bond donors (Lipinski definition) is 1. The number of para-hydroxylation sites is 1. The second kappa shape index (κ2) is 7.83. The molecule has 1 N–H and O–H groups in total. The largest absolute Gasteiger partial charge is 0.463 e. The monoisotopic (exact) mass is 399 g/mol. The number of aromatic nitrogens is 2. The summed E-state index contributed by atoms with van der Waals surface area (Å²) >= 11 is 0. The predicted molar refractivity (Wildman–Crippen MR) is 116 cm³/mol. The third-order valence-electron chi connectivity index (χ3n) is 4.92. The molecule has 6 nitrogen and oxygen atoms in total. The van der Waals surface area contributed by atoms with Crippen LogP contribution in [0.1, 0.15) is 13.8 Å². The molecule has 0 radical (unpaired) electrons. The molecule has 0 unspecified atom stereocenters. The van der Waals surface area contributed by atoms with Crippen molar-refractivity contribution < 1.29 is 9.21 Å². The molecule has 0 fully saturated rings. The zero-order valence-electron chi connectivity index (χ0n) is 16.7. The van der Waals surface area contributed by atoms with Crippen molar-refractivity contribution >= 4 is 11.6 Å². The van der Waals surface area contributed by atoms with E-state index in [0.29, 0.717) is 17.1 Å². The van der Waals surface area contributed by atoms with Crippen molar-refractivity contribution in [3.8, 4) is 22.6 Å². The minimum Gasteiger partial charge on any atom is -0.463 e. The third-order valence-corrected chi connectivity index (χ3v) is 4.92. The number of rotatable bonds is 5. The number of carbonyl (C=O) groups excluding carboxylic acids is 1. The molecule has 0 saturated heterocycles. The van der Waals surface area contributed by atoms with Crippen LogP contribution >= 0.6 is 0 Å². The molecule has 150 valence electrons. The zero-order valence-corrected chi connectivity index (χ0v) is 16.7. The number of carbonyl (C=O) groups is 1. The van der Waals surface area contributed by atoms with Crippen molar-refractivity contribution in [2.45, 2.75) is 19.4 Å². The van der Waals surface area contributed by atoms with Gasteiger partial charge in [-0.05, 0) is 43.7 Å². The Morgan fingerprint density at radius 1 is 0.933 bits per heavy atom. The fraction of sp³-hybridized carbons (Fsp3) is 0.125. The molecule has 0 aliphatic carbocycles. The van der Waals surface area contributed by atoms with Crippen LogP contribution in [0.5, 0.6) is 0 Å². The van der Waals surface area contributed by atoms with Gasteiger partial charge in [0.1, 0.15) is 11.2 Å². The van der Waals surface area contributed by atoms with Crippen molar-refractivity contribution in [1.29, 1.82) is 0 Å². The highest BCUT2D eigenvalue weighted by molar-refractivity contribution is 5.99. The second-order valence-electron chi connectivity index (χ2n) is 7.37. The molecule has 0 aliphatic heterocycles. The fourth-order valence-corrected chi connectivity index (χ4v) is 3.20.